The molecule has 17 heavy (non-hydrogen) atoms. The van der Waals surface area contributed by atoms with Gasteiger partial charge in [0.05, 0.1) is 0 Å². The molecule has 0 aromatic rings. The Kier molecular flexibility index (Phi) is 35.3. The number of carboxylic acids is 2. The third-order valence-electron chi connectivity index (χ3n) is 1.03. The van der Waals surface area contributed by atoms with Gasteiger partial charge in [0.25, 0.3) is 0 Å². The van der Waals surface area contributed by atoms with Gasteiger partial charge in [-0.25, -0.2) is 0 Å². The van der Waals surface area contributed by atoms with Crippen LogP contribution in [-0.2, 0) is 9.59 Å². The minimum Gasteiger partial charge on any atom is -0.481 e. The van der Waals surface area contributed by atoms with Crippen LogP contribution >= 0.6 is 0 Å². The minimum atomic E-state index is -2.17. The molecule has 0 spiro atoms. The molecule has 0 amide bonds. The first-order valence-corrected chi connectivity index (χ1v) is 3.84. The van der Waals surface area contributed by atoms with E-state index in [0.717, 1.165) is 0 Å². The molecule has 11 heteroatoms. The maximum atomic E-state index is 9.90. The Labute approximate surface area is 99.2 Å². The summed E-state index contributed by atoms with van der Waals surface area (Å²) in [6, 6.07) is 0. The van der Waals surface area contributed by atoms with Crippen LogP contribution in [-0.4, -0.2) is 44.5 Å². The van der Waals surface area contributed by atoms with Crippen molar-refractivity contribution < 1.29 is 34.9 Å². The Bertz CT molecular complexity index is 162. The molecule has 10 nitrogen and oxygen atoms in total. The van der Waals surface area contributed by atoms with Gasteiger partial charge in [-0.3, -0.25) is 9.59 Å². The number of carbonyl (C=O) groups is 2. The molecule has 0 fully saturated rings. The van der Waals surface area contributed by atoms with E-state index in [2.05, 4.69) is 0 Å². The quantitative estimate of drug-likeness (QED) is 0.224. The fraction of sp³-hybridized carbons (Fsp3) is 0.667. The molecule has 0 aliphatic carbocycles. The summed E-state index contributed by atoms with van der Waals surface area (Å²) < 4.78 is 0. The molecular formula is C6H22BN3O7. The van der Waals surface area contributed by atoms with Gasteiger partial charge < -0.3 is 43.7 Å². The third-order valence-corrected chi connectivity index (χ3v) is 1.03. The Hall–Kier alpha value is -1.24. The van der Waals surface area contributed by atoms with E-state index in [9.17, 15) is 9.59 Å². The lowest BCUT2D eigenvalue weighted by Crippen LogP contribution is -2.07. The predicted octanol–water partition coefficient (Wildman–Crippen LogP) is -0.850. The number of rotatable bonds is 5. The number of hydrogen-bond donors (Lipinski definition) is 8. The van der Waals surface area contributed by atoms with Gasteiger partial charge in [0.15, 0.2) is 0 Å². The zero-order valence-electron chi connectivity index (χ0n) is 9.58. The van der Waals surface area contributed by atoms with Crippen LogP contribution in [0, 0.1) is 0 Å². The van der Waals surface area contributed by atoms with Crippen molar-refractivity contribution in [3.05, 3.63) is 0 Å². The van der Waals surface area contributed by atoms with Crippen LogP contribution in [0.4, 0.5) is 0 Å². The monoisotopic (exact) mass is 259 g/mol. The van der Waals surface area contributed by atoms with E-state index in [1.54, 1.807) is 0 Å². The molecule has 106 valence electrons. The molecule has 0 saturated heterocycles. The molecule has 0 aliphatic rings. The second-order valence-electron chi connectivity index (χ2n) is 2.34. The normalized spacial score (nSPS) is 7.00. The van der Waals surface area contributed by atoms with Crippen molar-refractivity contribution in [2.24, 2.45) is 0 Å². The van der Waals surface area contributed by atoms with E-state index < -0.39 is 19.3 Å². The van der Waals surface area contributed by atoms with Gasteiger partial charge in [0, 0.05) is 12.8 Å². The van der Waals surface area contributed by atoms with Gasteiger partial charge in [0.2, 0.25) is 0 Å². The second-order valence-corrected chi connectivity index (χ2v) is 2.34. The van der Waals surface area contributed by atoms with Crippen molar-refractivity contribution >= 4 is 19.3 Å². The van der Waals surface area contributed by atoms with Crippen LogP contribution in [0.3, 0.4) is 0 Å². The summed E-state index contributed by atoms with van der Waals surface area (Å²) >= 11 is 0. The van der Waals surface area contributed by atoms with Crippen molar-refractivity contribution in [1.82, 2.24) is 18.5 Å². The van der Waals surface area contributed by atoms with Crippen molar-refractivity contribution in [1.29, 1.82) is 0 Å². The minimum absolute atomic E-state index is 0. The van der Waals surface area contributed by atoms with E-state index in [1.807, 2.05) is 0 Å². The topological polar surface area (TPSA) is 240 Å². The van der Waals surface area contributed by atoms with Gasteiger partial charge in [-0.05, 0) is 12.8 Å². The Morgan fingerprint density at radius 2 is 0.941 bits per heavy atom. The Morgan fingerprint density at radius 3 is 1.06 bits per heavy atom. The molecule has 14 N–H and O–H groups in total. The fourth-order valence-corrected chi connectivity index (χ4v) is 0.552. The van der Waals surface area contributed by atoms with Gasteiger partial charge >= 0.3 is 19.3 Å². The maximum absolute atomic E-state index is 9.90. The smallest absolute Gasteiger partial charge is 0.481 e. The molecule has 0 aromatic carbocycles. The molecular weight excluding hydrogens is 237 g/mol. The molecule has 0 saturated carbocycles. The van der Waals surface area contributed by atoms with Crippen LogP contribution in [0.25, 0.3) is 0 Å². The largest absolute Gasteiger partial charge is 0.631 e. The first-order valence-electron chi connectivity index (χ1n) is 3.84. The van der Waals surface area contributed by atoms with Gasteiger partial charge in [-0.1, -0.05) is 0 Å². The highest BCUT2D eigenvalue weighted by Crippen LogP contribution is 1.98. The molecule has 0 bridgehead atoms. The summed E-state index contributed by atoms with van der Waals surface area (Å²) in [5.74, 6) is -1.74. The number of unbranched alkanes of at least 4 members (excludes halogenated alkanes) is 1. The highest BCUT2D eigenvalue weighted by Gasteiger charge is 1.99. The fourth-order valence-electron chi connectivity index (χ4n) is 0.552. The van der Waals surface area contributed by atoms with Gasteiger partial charge in [0.1, 0.15) is 0 Å². The zero-order chi connectivity index (χ0) is 11.6. The first kappa shape index (κ1) is 29.7. The van der Waals surface area contributed by atoms with E-state index in [-0.39, 0.29) is 31.3 Å². The SMILES string of the molecule is N.N.N.O=C(O)CCCCC(=O)O.OB(O)O. The molecule has 0 aromatic heterocycles. The maximum Gasteiger partial charge on any atom is 0.631 e. The average molecular weight is 259 g/mol. The molecule has 0 radical (unpaired) electrons. The lowest BCUT2D eigenvalue weighted by atomic mass is 10.2. The molecule has 0 unspecified atom stereocenters. The number of hydrogen-bond acceptors (Lipinski definition) is 8. The van der Waals surface area contributed by atoms with Gasteiger partial charge in [-0.15, -0.1) is 0 Å². The van der Waals surface area contributed by atoms with Crippen molar-refractivity contribution in [2.45, 2.75) is 25.7 Å². The standard InChI is InChI=1S/C6H10O4.BH3O3.3H3N/c7-5(8)3-1-2-4-6(9)10;2-1(3)4;;;/h1-4H2,(H,7,8)(H,9,10);2-4H;3*1H3. The average Bonchev–Trinajstić information content (AvgIpc) is 1.96. The lowest BCUT2D eigenvalue weighted by molar-refractivity contribution is -0.139. The van der Waals surface area contributed by atoms with Crippen LogP contribution in [0.2, 0.25) is 0 Å². The summed E-state index contributed by atoms with van der Waals surface area (Å²) in [4.78, 5) is 19.8. The molecule has 0 rings (SSSR count). The van der Waals surface area contributed by atoms with Gasteiger partial charge in [-0.2, -0.15) is 0 Å². The zero-order valence-corrected chi connectivity index (χ0v) is 9.58. The highest BCUT2D eigenvalue weighted by molar-refractivity contribution is 6.30. The van der Waals surface area contributed by atoms with Crippen LogP contribution in [0.15, 0.2) is 0 Å². The number of carboxylic acid groups (broad SMARTS) is 2. The van der Waals surface area contributed by atoms with Crippen molar-refractivity contribution in [3.8, 4) is 0 Å². The summed E-state index contributed by atoms with van der Waals surface area (Å²) in [7, 11) is -2.17. The summed E-state index contributed by atoms with van der Waals surface area (Å²) in [5, 5.41) is 37.8. The van der Waals surface area contributed by atoms with Crippen molar-refractivity contribution in [3.63, 3.8) is 0 Å². The molecule has 0 atom stereocenters. The summed E-state index contributed by atoms with van der Waals surface area (Å²) in [6.45, 7) is 0. The highest BCUT2D eigenvalue weighted by atomic mass is 16.5. The summed E-state index contributed by atoms with van der Waals surface area (Å²) in [6.07, 6.45) is 1.02. The Balaban J connectivity index is -0.0000000607. The molecule has 0 aliphatic heterocycles. The molecule has 0 heterocycles. The van der Waals surface area contributed by atoms with E-state index >= 15 is 0 Å². The van der Waals surface area contributed by atoms with E-state index in [0.29, 0.717) is 12.8 Å². The third kappa shape index (κ3) is 72.4. The van der Waals surface area contributed by atoms with Crippen molar-refractivity contribution in [2.75, 3.05) is 0 Å². The Morgan fingerprint density at radius 1 is 0.765 bits per heavy atom. The second kappa shape index (κ2) is 20.2. The van der Waals surface area contributed by atoms with E-state index in [1.165, 1.54) is 0 Å². The predicted molar refractivity (Wildman–Crippen MR) is 61.2 cm³/mol. The van der Waals surface area contributed by atoms with Crippen LogP contribution < -0.4 is 18.5 Å². The number of aliphatic carboxylic acids is 2. The first-order chi connectivity index (χ1) is 6.36. The van der Waals surface area contributed by atoms with Crippen LogP contribution in [0.5, 0.6) is 0 Å². The lowest BCUT2D eigenvalue weighted by Gasteiger charge is -1.92. The summed E-state index contributed by atoms with van der Waals surface area (Å²) in [5.41, 5.74) is 0. The van der Waals surface area contributed by atoms with Crippen LogP contribution in [0.1, 0.15) is 25.7 Å². The van der Waals surface area contributed by atoms with E-state index in [4.69, 9.17) is 25.3 Å².